The van der Waals surface area contributed by atoms with Gasteiger partial charge in [-0.05, 0) is 67.1 Å². The Bertz CT molecular complexity index is 683. The Hall–Kier alpha value is -2.00. The van der Waals surface area contributed by atoms with Gasteiger partial charge in [-0.25, -0.2) is 0 Å². The van der Waals surface area contributed by atoms with Gasteiger partial charge in [0.25, 0.3) is 0 Å². The maximum Gasteiger partial charge on any atom is 0.185 e. The minimum atomic E-state index is 0.0428. The van der Waals surface area contributed by atoms with Crippen molar-refractivity contribution < 1.29 is 4.79 Å². The zero-order chi connectivity index (χ0) is 16.1. The topological polar surface area (TPSA) is 20.3 Å². The van der Waals surface area contributed by atoms with Gasteiger partial charge in [-0.1, -0.05) is 18.2 Å². The molecule has 0 saturated carbocycles. The smallest absolute Gasteiger partial charge is 0.185 e. The van der Waals surface area contributed by atoms with Gasteiger partial charge in [-0.3, -0.25) is 4.79 Å². The molecule has 0 unspecified atom stereocenters. The maximum absolute atomic E-state index is 12.2. The third-order valence-corrected chi connectivity index (χ3v) is 4.91. The largest absolute Gasteiger partial charge is 0.372 e. The van der Waals surface area contributed by atoms with E-state index >= 15 is 0 Å². The van der Waals surface area contributed by atoms with Gasteiger partial charge in [0.15, 0.2) is 5.78 Å². The number of hydrogen-bond donors (Lipinski definition) is 0. The van der Waals surface area contributed by atoms with Crippen LogP contribution in [0.15, 0.2) is 59.5 Å². The van der Waals surface area contributed by atoms with Crippen molar-refractivity contribution in [1.82, 2.24) is 0 Å². The van der Waals surface area contributed by atoms with Crippen LogP contribution in [-0.2, 0) is 0 Å². The first-order valence-electron chi connectivity index (χ1n) is 7.98. The summed E-state index contributed by atoms with van der Waals surface area (Å²) in [6.07, 6.45) is 8.14. The first-order chi connectivity index (χ1) is 11.3. The van der Waals surface area contributed by atoms with E-state index in [1.165, 1.54) is 23.4 Å². The molecule has 1 heterocycles. The normalized spacial score (nSPS) is 14.6. The molecule has 0 aliphatic carbocycles. The summed E-state index contributed by atoms with van der Waals surface area (Å²) in [5.41, 5.74) is 3.06. The van der Waals surface area contributed by atoms with Gasteiger partial charge < -0.3 is 4.90 Å². The Morgan fingerprint density at radius 3 is 2.26 bits per heavy atom. The van der Waals surface area contributed by atoms with Crippen LogP contribution in [-0.4, -0.2) is 25.1 Å². The van der Waals surface area contributed by atoms with Gasteiger partial charge in [-0.15, -0.1) is 11.8 Å². The third-order valence-electron chi connectivity index (χ3n) is 4.17. The second-order valence-corrected chi connectivity index (χ2v) is 6.59. The van der Waals surface area contributed by atoms with Crippen molar-refractivity contribution in [3.63, 3.8) is 0 Å². The molecule has 0 amide bonds. The van der Waals surface area contributed by atoms with Crippen LogP contribution in [0.25, 0.3) is 6.08 Å². The highest BCUT2D eigenvalue weighted by Gasteiger charge is 2.11. The molecule has 1 saturated heterocycles. The predicted molar refractivity (Wildman–Crippen MR) is 99.5 cm³/mol. The van der Waals surface area contributed by atoms with Gasteiger partial charge in [0.1, 0.15) is 0 Å². The van der Waals surface area contributed by atoms with Crippen LogP contribution in [0.5, 0.6) is 0 Å². The molecular weight excluding hydrogens is 302 g/mol. The number of allylic oxidation sites excluding steroid dienone is 1. The third kappa shape index (κ3) is 4.05. The summed E-state index contributed by atoms with van der Waals surface area (Å²) in [7, 11) is 0. The summed E-state index contributed by atoms with van der Waals surface area (Å²) in [6, 6.07) is 16.2. The molecule has 2 nitrogen and oxygen atoms in total. The molecule has 1 aliphatic rings. The molecule has 3 heteroatoms. The number of anilines is 1. The second kappa shape index (κ2) is 7.51. The number of carbonyl (C=O) groups is 1. The molecule has 2 aromatic rings. The fourth-order valence-corrected chi connectivity index (χ4v) is 3.20. The van der Waals surface area contributed by atoms with E-state index in [-0.39, 0.29) is 5.78 Å². The fraction of sp³-hybridized carbons (Fsp3) is 0.250. The summed E-state index contributed by atoms with van der Waals surface area (Å²) in [6.45, 7) is 2.30. The van der Waals surface area contributed by atoms with Crippen LogP contribution in [0.2, 0.25) is 0 Å². The van der Waals surface area contributed by atoms with Crippen molar-refractivity contribution in [2.75, 3.05) is 24.2 Å². The number of thioether (sulfide) groups is 1. The molecule has 3 rings (SSSR count). The van der Waals surface area contributed by atoms with E-state index in [0.717, 1.165) is 24.2 Å². The highest BCUT2D eigenvalue weighted by Crippen LogP contribution is 2.21. The van der Waals surface area contributed by atoms with Crippen molar-refractivity contribution >= 4 is 29.3 Å². The molecule has 23 heavy (non-hydrogen) atoms. The average molecular weight is 323 g/mol. The van der Waals surface area contributed by atoms with Gasteiger partial charge in [-0.2, -0.15) is 0 Å². The second-order valence-electron chi connectivity index (χ2n) is 5.71. The summed E-state index contributed by atoms with van der Waals surface area (Å²) in [5.74, 6) is 0.0428. The maximum atomic E-state index is 12.2. The molecule has 0 spiro atoms. The molecular formula is C20H21NOS. The fourth-order valence-electron chi connectivity index (χ4n) is 2.80. The molecule has 2 aromatic carbocycles. The van der Waals surface area contributed by atoms with E-state index in [2.05, 4.69) is 29.2 Å². The molecule has 1 aliphatic heterocycles. The van der Waals surface area contributed by atoms with Crippen LogP contribution >= 0.6 is 11.8 Å². The van der Waals surface area contributed by atoms with E-state index in [4.69, 9.17) is 0 Å². The molecule has 0 N–H and O–H groups in total. The van der Waals surface area contributed by atoms with Gasteiger partial charge >= 0.3 is 0 Å². The SMILES string of the molecule is CSc1ccc(C(=O)/C=C/c2ccc(N3CCCC3)cc2)cc1. The van der Waals surface area contributed by atoms with E-state index < -0.39 is 0 Å². The lowest BCUT2D eigenvalue weighted by atomic mass is 10.1. The Labute approximate surface area is 142 Å². The summed E-state index contributed by atoms with van der Waals surface area (Å²) in [5, 5.41) is 0. The number of rotatable bonds is 5. The molecule has 0 bridgehead atoms. The van der Waals surface area contributed by atoms with E-state index in [0.29, 0.717) is 0 Å². The van der Waals surface area contributed by atoms with Crippen molar-refractivity contribution in [2.24, 2.45) is 0 Å². The van der Waals surface area contributed by atoms with E-state index in [9.17, 15) is 4.79 Å². The molecule has 0 aromatic heterocycles. The Kier molecular flexibility index (Phi) is 5.19. The van der Waals surface area contributed by atoms with Crippen LogP contribution in [0.1, 0.15) is 28.8 Å². The van der Waals surface area contributed by atoms with Crippen LogP contribution in [0.4, 0.5) is 5.69 Å². The predicted octanol–water partition coefficient (Wildman–Crippen LogP) is 4.90. The summed E-state index contributed by atoms with van der Waals surface area (Å²) >= 11 is 1.68. The zero-order valence-electron chi connectivity index (χ0n) is 13.4. The van der Waals surface area contributed by atoms with Crippen LogP contribution < -0.4 is 4.90 Å². The molecule has 1 fully saturated rings. The molecule has 0 atom stereocenters. The lowest BCUT2D eigenvalue weighted by Crippen LogP contribution is -2.17. The van der Waals surface area contributed by atoms with Crippen molar-refractivity contribution in [3.8, 4) is 0 Å². The highest BCUT2D eigenvalue weighted by atomic mass is 32.2. The lowest BCUT2D eigenvalue weighted by molar-refractivity contribution is 0.104. The number of nitrogens with zero attached hydrogens (tertiary/aromatic N) is 1. The summed E-state index contributed by atoms with van der Waals surface area (Å²) in [4.78, 5) is 15.8. The Morgan fingerprint density at radius 2 is 1.65 bits per heavy atom. The van der Waals surface area contributed by atoms with Gasteiger partial charge in [0, 0.05) is 29.2 Å². The van der Waals surface area contributed by atoms with Crippen molar-refractivity contribution in [3.05, 3.63) is 65.7 Å². The lowest BCUT2D eigenvalue weighted by Gasteiger charge is -2.17. The molecule has 0 radical (unpaired) electrons. The number of ketones is 1. The van der Waals surface area contributed by atoms with Gasteiger partial charge in [0.2, 0.25) is 0 Å². The number of carbonyl (C=O) groups excluding carboxylic acids is 1. The monoisotopic (exact) mass is 323 g/mol. The van der Waals surface area contributed by atoms with Crippen LogP contribution in [0.3, 0.4) is 0 Å². The first kappa shape index (κ1) is 15.9. The zero-order valence-corrected chi connectivity index (χ0v) is 14.2. The van der Waals surface area contributed by atoms with Crippen molar-refractivity contribution in [2.45, 2.75) is 17.7 Å². The Balaban J connectivity index is 1.65. The summed E-state index contributed by atoms with van der Waals surface area (Å²) < 4.78 is 0. The van der Waals surface area contributed by atoms with Crippen molar-refractivity contribution in [1.29, 1.82) is 0 Å². The van der Waals surface area contributed by atoms with Crippen LogP contribution in [0, 0.1) is 0 Å². The highest BCUT2D eigenvalue weighted by molar-refractivity contribution is 7.98. The first-order valence-corrected chi connectivity index (χ1v) is 9.20. The van der Waals surface area contributed by atoms with E-state index in [1.54, 1.807) is 17.8 Å². The number of benzene rings is 2. The minimum Gasteiger partial charge on any atom is -0.372 e. The molecule has 118 valence electrons. The standard InChI is InChI=1S/C20H21NOS/c1-23-19-11-7-17(8-12-19)20(22)13-6-16-4-9-18(10-5-16)21-14-2-3-15-21/h4-13H,2-3,14-15H2,1H3/b13-6+. The quantitative estimate of drug-likeness (QED) is 0.443. The average Bonchev–Trinajstić information content (AvgIpc) is 3.15. The van der Waals surface area contributed by atoms with Gasteiger partial charge in [0.05, 0.1) is 0 Å². The van der Waals surface area contributed by atoms with E-state index in [1.807, 2.05) is 36.6 Å². The number of hydrogen-bond acceptors (Lipinski definition) is 3. The minimum absolute atomic E-state index is 0.0428. The Morgan fingerprint density at radius 1 is 1.00 bits per heavy atom.